The minimum atomic E-state index is -1.30. The molecule has 0 bridgehead atoms. The zero-order valence-corrected chi connectivity index (χ0v) is 11.3. The van der Waals surface area contributed by atoms with Gasteiger partial charge in [-0.05, 0) is 13.1 Å². The number of hydrogen-bond acceptors (Lipinski definition) is 4. The first-order valence-corrected chi connectivity index (χ1v) is 6.18. The van der Waals surface area contributed by atoms with Crippen molar-refractivity contribution >= 4 is 17.9 Å². The average Bonchev–Trinajstić information content (AvgIpc) is 2.33. The fraction of sp³-hybridized carbons (Fsp3) is 0.727. The fourth-order valence-electron chi connectivity index (χ4n) is 1.48. The van der Waals surface area contributed by atoms with Crippen LogP contribution in [0.15, 0.2) is 0 Å². The molecule has 0 saturated carbocycles. The fourth-order valence-corrected chi connectivity index (χ4v) is 1.48. The number of carboxylic acid groups (broad SMARTS) is 1. The summed E-state index contributed by atoms with van der Waals surface area (Å²) in [5, 5.41) is 13.5. The van der Waals surface area contributed by atoms with Crippen molar-refractivity contribution in [1.29, 1.82) is 0 Å². The molecule has 5 N–H and O–H groups in total. The van der Waals surface area contributed by atoms with Gasteiger partial charge in [-0.15, -0.1) is 0 Å². The van der Waals surface area contributed by atoms with Crippen LogP contribution in [0.1, 0.15) is 20.3 Å². The first kappa shape index (κ1) is 17.2. The summed E-state index contributed by atoms with van der Waals surface area (Å²) in [5.41, 5.74) is 4.90. The summed E-state index contributed by atoms with van der Waals surface area (Å²) in [4.78, 5) is 35.0. The molecule has 110 valence electrons. The number of nitrogens with one attached hydrogen (secondary N) is 2. The largest absolute Gasteiger partial charge is 0.480 e. The van der Waals surface area contributed by atoms with Gasteiger partial charge in [-0.25, -0.2) is 9.59 Å². The Bertz CT molecular complexity index is 318. The molecule has 0 aliphatic rings. The number of nitrogens with zero attached hydrogens (tertiary/aromatic N) is 1. The van der Waals surface area contributed by atoms with E-state index in [0.29, 0.717) is 13.1 Å². The summed E-state index contributed by atoms with van der Waals surface area (Å²) in [6.45, 7) is 6.84. The number of carbonyl (C=O) groups excluding carboxylic acids is 2. The first-order valence-electron chi connectivity index (χ1n) is 6.18. The lowest BCUT2D eigenvalue weighted by Crippen LogP contribution is -2.48. The lowest BCUT2D eigenvalue weighted by molar-refractivity contribution is -0.140. The van der Waals surface area contributed by atoms with Crippen molar-refractivity contribution < 1.29 is 19.5 Å². The van der Waals surface area contributed by atoms with E-state index in [1.54, 1.807) is 0 Å². The van der Waals surface area contributed by atoms with Crippen LogP contribution in [0.5, 0.6) is 0 Å². The van der Waals surface area contributed by atoms with Crippen LogP contribution < -0.4 is 16.4 Å². The van der Waals surface area contributed by atoms with Crippen LogP contribution in [-0.2, 0) is 9.59 Å². The van der Waals surface area contributed by atoms with Crippen LogP contribution in [0.3, 0.4) is 0 Å². The highest BCUT2D eigenvalue weighted by atomic mass is 16.4. The molecule has 0 aromatic carbocycles. The Balaban J connectivity index is 4.06. The predicted molar refractivity (Wildman–Crippen MR) is 69.6 cm³/mol. The van der Waals surface area contributed by atoms with Crippen LogP contribution in [0.4, 0.5) is 4.79 Å². The number of carbonyl (C=O) groups is 3. The monoisotopic (exact) mass is 274 g/mol. The summed E-state index contributed by atoms with van der Waals surface area (Å²) in [6.07, 6.45) is -0.432. The van der Waals surface area contributed by atoms with E-state index >= 15 is 0 Å². The lowest BCUT2D eigenvalue weighted by atomic mass is 10.2. The van der Waals surface area contributed by atoms with Crippen molar-refractivity contribution in [3.8, 4) is 0 Å². The molecule has 0 fully saturated rings. The molecular weight excluding hydrogens is 252 g/mol. The SMILES string of the molecule is CCN(CC)CCNC(=O)NC(CC(N)=O)C(=O)O. The van der Waals surface area contributed by atoms with Gasteiger partial charge in [0.1, 0.15) is 6.04 Å². The third-order valence-corrected chi connectivity index (χ3v) is 2.62. The molecule has 0 radical (unpaired) electrons. The van der Waals surface area contributed by atoms with E-state index in [2.05, 4.69) is 15.5 Å². The van der Waals surface area contributed by atoms with Crippen LogP contribution in [-0.4, -0.2) is 60.1 Å². The molecular formula is C11H22N4O4. The number of urea groups is 1. The molecule has 0 aromatic heterocycles. The number of aliphatic carboxylic acids is 1. The number of likely N-dealkylation sites (N-methyl/N-ethyl adjacent to an activating group) is 1. The Hall–Kier alpha value is -1.83. The van der Waals surface area contributed by atoms with Crippen LogP contribution in [0.25, 0.3) is 0 Å². The number of carboxylic acids is 1. The number of rotatable bonds is 9. The van der Waals surface area contributed by atoms with E-state index in [4.69, 9.17) is 10.8 Å². The zero-order chi connectivity index (χ0) is 14.8. The number of primary amides is 1. The minimum absolute atomic E-state index is 0.399. The first-order chi connectivity index (χ1) is 8.90. The number of amides is 3. The minimum Gasteiger partial charge on any atom is -0.480 e. The molecule has 0 heterocycles. The normalized spacial score (nSPS) is 11.9. The van der Waals surface area contributed by atoms with Crippen molar-refractivity contribution in [3.63, 3.8) is 0 Å². The highest BCUT2D eigenvalue weighted by Crippen LogP contribution is 1.91. The average molecular weight is 274 g/mol. The topological polar surface area (TPSA) is 125 Å². The maximum Gasteiger partial charge on any atom is 0.326 e. The number of hydrogen-bond donors (Lipinski definition) is 4. The number of nitrogens with two attached hydrogens (primary N) is 1. The quantitative estimate of drug-likeness (QED) is 0.427. The summed E-state index contributed by atoms with van der Waals surface area (Å²) in [6, 6.07) is -1.92. The molecule has 0 aliphatic heterocycles. The Kier molecular flexibility index (Phi) is 8.27. The highest BCUT2D eigenvalue weighted by Gasteiger charge is 2.21. The van der Waals surface area contributed by atoms with Gasteiger partial charge in [0, 0.05) is 13.1 Å². The molecule has 0 aromatic rings. The predicted octanol–water partition coefficient (Wildman–Crippen LogP) is -1.04. The van der Waals surface area contributed by atoms with Gasteiger partial charge in [-0.2, -0.15) is 0 Å². The molecule has 8 heteroatoms. The van der Waals surface area contributed by atoms with Gasteiger partial charge in [0.15, 0.2) is 0 Å². The van der Waals surface area contributed by atoms with E-state index in [0.717, 1.165) is 13.1 Å². The molecule has 0 aliphatic carbocycles. The van der Waals surface area contributed by atoms with Crippen molar-refractivity contribution in [2.45, 2.75) is 26.3 Å². The van der Waals surface area contributed by atoms with E-state index in [1.165, 1.54) is 0 Å². The third kappa shape index (κ3) is 7.98. The second-order valence-corrected chi connectivity index (χ2v) is 3.99. The van der Waals surface area contributed by atoms with Gasteiger partial charge in [0.25, 0.3) is 0 Å². The molecule has 1 atom stereocenters. The molecule has 0 saturated heterocycles. The maximum absolute atomic E-state index is 11.4. The standard InChI is InChI=1S/C11H22N4O4/c1-3-15(4-2)6-5-13-11(19)14-8(10(17)18)7-9(12)16/h8H,3-7H2,1-2H3,(H2,12,16)(H,17,18)(H2,13,14,19). The van der Waals surface area contributed by atoms with E-state index in [9.17, 15) is 14.4 Å². The zero-order valence-electron chi connectivity index (χ0n) is 11.3. The van der Waals surface area contributed by atoms with Crippen LogP contribution in [0, 0.1) is 0 Å². The Morgan fingerprint density at radius 1 is 1.26 bits per heavy atom. The van der Waals surface area contributed by atoms with Crippen LogP contribution >= 0.6 is 0 Å². The Labute approximate surface area is 112 Å². The second-order valence-electron chi connectivity index (χ2n) is 3.99. The Morgan fingerprint density at radius 2 is 1.84 bits per heavy atom. The van der Waals surface area contributed by atoms with Crippen molar-refractivity contribution in [1.82, 2.24) is 15.5 Å². The summed E-state index contributed by atoms with van der Waals surface area (Å²) >= 11 is 0. The third-order valence-electron chi connectivity index (χ3n) is 2.62. The van der Waals surface area contributed by atoms with Crippen molar-refractivity contribution in [2.75, 3.05) is 26.2 Å². The maximum atomic E-state index is 11.4. The van der Waals surface area contributed by atoms with Gasteiger partial charge in [0.05, 0.1) is 6.42 Å². The van der Waals surface area contributed by atoms with E-state index < -0.39 is 30.4 Å². The molecule has 3 amide bonds. The summed E-state index contributed by atoms with van der Waals surface area (Å²) < 4.78 is 0. The van der Waals surface area contributed by atoms with E-state index in [1.807, 2.05) is 13.8 Å². The molecule has 0 rings (SSSR count). The van der Waals surface area contributed by atoms with Gasteiger partial charge in [-0.3, -0.25) is 4.79 Å². The molecule has 1 unspecified atom stereocenters. The summed E-state index contributed by atoms with van der Waals surface area (Å²) in [7, 11) is 0. The molecule has 8 nitrogen and oxygen atoms in total. The van der Waals surface area contributed by atoms with Gasteiger partial charge in [0.2, 0.25) is 5.91 Å². The Morgan fingerprint density at radius 3 is 2.26 bits per heavy atom. The highest BCUT2D eigenvalue weighted by molar-refractivity contribution is 5.87. The van der Waals surface area contributed by atoms with Gasteiger partial charge >= 0.3 is 12.0 Å². The van der Waals surface area contributed by atoms with Gasteiger partial charge in [-0.1, -0.05) is 13.8 Å². The van der Waals surface area contributed by atoms with Crippen LogP contribution in [0.2, 0.25) is 0 Å². The smallest absolute Gasteiger partial charge is 0.326 e. The second kappa shape index (κ2) is 9.15. The molecule has 19 heavy (non-hydrogen) atoms. The lowest BCUT2D eigenvalue weighted by Gasteiger charge is -2.19. The van der Waals surface area contributed by atoms with Gasteiger partial charge < -0.3 is 26.4 Å². The van der Waals surface area contributed by atoms with Crippen molar-refractivity contribution in [3.05, 3.63) is 0 Å². The van der Waals surface area contributed by atoms with Crippen molar-refractivity contribution in [2.24, 2.45) is 5.73 Å². The molecule has 0 spiro atoms. The van der Waals surface area contributed by atoms with E-state index in [-0.39, 0.29) is 0 Å². The summed E-state index contributed by atoms with van der Waals surface area (Å²) in [5.74, 6) is -2.08.